The number of aromatic nitrogens is 1. The Morgan fingerprint density at radius 2 is 1.96 bits per heavy atom. The quantitative estimate of drug-likeness (QED) is 0.625. The number of nitrogens with one attached hydrogen (secondary N) is 2. The fourth-order valence-corrected chi connectivity index (χ4v) is 2.60. The number of anilines is 2. The second-order valence-electron chi connectivity index (χ2n) is 4.68. The molecule has 0 fully saturated rings. The smallest absolute Gasteiger partial charge is 0.357 e. The number of rotatable bonds is 4. The zero-order chi connectivity index (χ0) is 18.4. The van der Waals surface area contributed by atoms with E-state index in [2.05, 4.69) is 15.7 Å². The van der Waals surface area contributed by atoms with E-state index in [1.54, 1.807) is 31.2 Å². The van der Waals surface area contributed by atoms with Gasteiger partial charge in [-0.2, -0.15) is 5.01 Å². The Balaban J connectivity index is 2.20. The van der Waals surface area contributed by atoms with Crippen LogP contribution in [0.15, 0.2) is 29.6 Å². The van der Waals surface area contributed by atoms with E-state index in [4.69, 9.17) is 16.3 Å². The number of halogens is 1. The average molecular weight is 383 g/mol. The van der Waals surface area contributed by atoms with Crippen molar-refractivity contribution in [2.45, 2.75) is 13.8 Å². The Morgan fingerprint density at radius 3 is 2.56 bits per heavy atom. The van der Waals surface area contributed by atoms with E-state index >= 15 is 0 Å². The van der Waals surface area contributed by atoms with Crippen LogP contribution in [0.4, 0.5) is 15.6 Å². The van der Waals surface area contributed by atoms with Crippen molar-refractivity contribution in [1.29, 1.82) is 0 Å². The highest BCUT2D eigenvalue weighted by Crippen LogP contribution is 2.21. The Kier molecular flexibility index (Phi) is 6.31. The van der Waals surface area contributed by atoms with Crippen molar-refractivity contribution in [2.24, 2.45) is 0 Å². The van der Waals surface area contributed by atoms with Crippen LogP contribution in [0, 0.1) is 0 Å². The SMILES string of the molecule is CCOC(=O)c1csc(N(NC(C)=O)C(=O)Nc2ccc(Cl)cc2)n1. The largest absolute Gasteiger partial charge is 0.461 e. The Morgan fingerprint density at radius 1 is 1.28 bits per heavy atom. The first-order chi connectivity index (χ1) is 11.9. The summed E-state index contributed by atoms with van der Waals surface area (Å²) in [5.74, 6) is -1.08. The molecule has 0 aliphatic rings. The molecule has 8 nitrogen and oxygen atoms in total. The number of carbonyl (C=O) groups is 3. The highest BCUT2D eigenvalue weighted by molar-refractivity contribution is 7.14. The molecule has 1 aromatic carbocycles. The van der Waals surface area contributed by atoms with E-state index in [0.717, 1.165) is 16.3 Å². The van der Waals surface area contributed by atoms with Crippen LogP contribution in [0.2, 0.25) is 5.02 Å². The summed E-state index contributed by atoms with van der Waals surface area (Å²) in [5.41, 5.74) is 2.89. The number of nitrogens with zero attached hydrogens (tertiary/aromatic N) is 2. The molecule has 2 aromatic rings. The second-order valence-corrected chi connectivity index (χ2v) is 5.95. The summed E-state index contributed by atoms with van der Waals surface area (Å²) in [4.78, 5) is 39.6. The molecule has 0 unspecified atom stereocenters. The number of hydrogen-bond donors (Lipinski definition) is 2. The average Bonchev–Trinajstić information content (AvgIpc) is 3.04. The van der Waals surface area contributed by atoms with Crippen LogP contribution in [0.1, 0.15) is 24.3 Å². The topological polar surface area (TPSA) is 101 Å². The third-order valence-corrected chi connectivity index (χ3v) is 3.81. The van der Waals surface area contributed by atoms with Crippen LogP contribution in [-0.4, -0.2) is 29.5 Å². The lowest BCUT2D eigenvalue weighted by atomic mass is 10.3. The van der Waals surface area contributed by atoms with E-state index in [-0.39, 0.29) is 17.4 Å². The number of ether oxygens (including phenoxy) is 1. The molecule has 132 valence electrons. The van der Waals surface area contributed by atoms with Crippen molar-refractivity contribution < 1.29 is 19.1 Å². The van der Waals surface area contributed by atoms with Gasteiger partial charge >= 0.3 is 12.0 Å². The van der Waals surface area contributed by atoms with Crippen LogP contribution < -0.4 is 15.8 Å². The molecular weight excluding hydrogens is 368 g/mol. The van der Waals surface area contributed by atoms with Gasteiger partial charge in [-0.15, -0.1) is 11.3 Å². The molecule has 0 atom stereocenters. The van der Waals surface area contributed by atoms with Gasteiger partial charge in [0.1, 0.15) is 0 Å². The number of esters is 1. The van der Waals surface area contributed by atoms with E-state index in [9.17, 15) is 14.4 Å². The fourth-order valence-electron chi connectivity index (χ4n) is 1.72. The van der Waals surface area contributed by atoms with Crippen molar-refractivity contribution in [3.8, 4) is 0 Å². The molecule has 0 aliphatic heterocycles. The van der Waals surface area contributed by atoms with Gasteiger partial charge in [0.15, 0.2) is 5.69 Å². The first-order valence-electron chi connectivity index (χ1n) is 7.17. The summed E-state index contributed by atoms with van der Waals surface area (Å²) in [6, 6.07) is 5.79. The summed E-state index contributed by atoms with van der Waals surface area (Å²) in [5, 5.41) is 5.60. The summed E-state index contributed by atoms with van der Waals surface area (Å²) in [7, 11) is 0. The second kappa shape index (κ2) is 8.45. The monoisotopic (exact) mass is 382 g/mol. The molecule has 0 spiro atoms. The first-order valence-corrected chi connectivity index (χ1v) is 8.43. The van der Waals surface area contributed by atoms with Gasteiger partial charge in [0.2, 0.25) is 11.0 Å². The highest BCUT2D eigenvalue weighted by atomic mass is 35.5. The van der Waals surface area contributed by atoms with Gasteiger partial charge in [0, 0.05) is 23.0 Å². The normalized spacial score (nSPS) is 10.0. The molecule has 0 bridgehead atoms. The van der Waals surface area contributed by atoms with E-state index in [1.807, 2.05) is 0 Å². The number of urea groups is 1. The third-order valence-electron chi connectivity index (χ3n) is 2.74. The lowest BCUT2D eigenvalue weighted by Crippen LogP contribution is -2.47. The molecule has 0 saturated carbocycles. The number of carbonyl (C=O) groups excluding carboxylic acids is 3. The van der Waals surface area contributed by atoms with Gasteiger partial charge in [-0.25, -0.2) is 14.6 Å². The number of hydrogen-bond acceptors (Lipinski definition) is 6. The summed E-state index contributed by atoms with van der Waals surface area (Å²) < 4.78 is 4.86. The van der Waals surface area contributed by atoms with Gasteiger partial charge in [0.05, 0.1) is 6.61 Å². The molecule has 2 rings (SSSR count). The molecule has 3 amide bonds. The Hall–Kier alpha value is -2.65. The maximum absolute atomic E-state index is 12.5. The van der Waals surface area contributed by atoms with Crippen LogP contribution in [0.25, 0.3) is 0 Å². The summed E-state index contributed by atoms with van der Waals surface area (Å²) in [6.45, 7) is 3.13. The molecule has 10 heteroatoms. The maximum atomic E-state index is 12.5. The van der Waals surface area contributed by atoms with Gasteiger partial charge in [0.25, 0.3) is 0 Å². The molecule has 0 aliphatic carbocycles. The van der Waals surface area contributed by atoms with Crippen LogP contribution >= 0.6 is 22.9 Å². The van der Waals surface area contributed by atoms with Gasteiger partial charge in [-0.3, -0.25) is 10.2 Å². The van der Waals surface area contributed by atoms with Crippen LogP contribution in [-0.2, 0) is 9.53 Å². The van der Waals surface area contributed by atoms with Gasteiger partial charge in [-0.1, -0.05) is 11.6 Å². The molecule has 1 aromatic heterocycles. The van der Waals surface area contributed by atoms with E-state index < -0.39 is 17.9 Å². The molecule has 1 heterocycles. The molecule has 25 heavy (non-hydrogen) atoms. The molecule has 0 radical (unpaired) electrons. The fraction of sp³-hybridized carbons (Fsp3) is 0.200. The summed E-state index contributed by atoms with van der Waals surface area (Å²) in [6.07, 6.45) is 0. The van der Waals surface area contributed by atoms with Crippen molar-refractivity contribution in [3.05, 3.63) is 40.4 Å². The van der Waals surface area contributed by atoms with Crippen molar-refractivity contribution >= 4 is 51.7 Å². The van der Waals surface area contributed by atoms with Crippen molar-refractivity contribution in [2.75, 3.05) is 16.9 Å². The lowest BCUT2D eigenvalue weighted by Gasteiger charge is -2.20. The zero-order valence-corrected chi connectivity index (χ0v) is 15.0. The number of amides is 3. The van der Waals surface area contributed by atoms with E-state index in [1.165, 1.54) is 12.3 Å². The zero-order valence-electron chi connectivity index (χ0n) is 13.4. The molecule has 2 N–H and O–H groups in total. The van der Waals surface area contributed by atoms with Gasteiger partial charge in [-0.05, 0) is 31.2 Å². The minimum absolute atomic E-state index is 0.0523. The standard InChI is InChI=1S/C15H15ClN4O4S/c1-3-24-13(22)12-8-25-15(18-12)20(19-9(2)21)14(23)17-11-6-4-10(16)5-7-11/h4-8H,3H2,1-2H3,(H,17,23)(H,19,21). The van der Waals surface area contributed by atoms with E-state index in [0.29, 0.717) is 10.7 Å². The predicted molar refractivity (Wildman–Crippen MR) is 94.8 cm³/mol. The maximum Gasteiger partial charge on any atom is 0.357 e. The van der Waals surface area contributed by atoms with Crippen LogP contribution in [0.3, 0.4) is 0 Å². The molecular formula is C15H15ClN4O4S. The van der Waals surface area contributed by atoms with Gasteiger partial charge < -0.3 is 10.1 Å². The lowest BCUT2D eigenvalue weighted by molar-refractivity contribution is -0.118. The Bertz CT molecular complexity index is 778. The minimum Gasteiger partial charge on any atom is -0.461 e. The number of benzene rings is 1. The number of hydrazine groups is 1. The third kappa shape index (κ3) is 5.16. The summed E-state index contributed by atoms with van der Waals surface area (Å²) >= 11 is 6.81. The van der Waals surface area contributed by atoms with Crippen molar-refractivity contribution in [3.63, 3.8) is 0 Å². The number of thiazole rings is 1. The Labute approximate surface area is 152 Å². The predicted octanol–water partition coefficient (Wildman–Crippen LogP) is 3.06. The van der Waals surface area contributed by atoms with Crippen molar-refractivity contribution in [1.82, 2.24) is 10.4 Å². The first kappa shape index (κ1) is 18.7. The molecule has 0 saturated heterocycles. The van der Waals surface area contributed by atoms with Crippen LogP contribution in [0.5, 0.6) is 0 Å². The minimum atomic E-state index is -0.651. The highest BCUT2D eigenvalue weighted by Gasteiger charge is 2.22.